The predicted octanol–water partition coefficient (Wildman–Crippen LogP) is 12.7. The third-order valence-electron chi connectivity index (χ3n) is 9.83. The van der Waals surface area contributed by atoms with Crippen molar-refractivity contribution >= 4 is 84.8 Å². The first-order chi connectivity index (χ1) is 25.3. The van der Waals surface area contributed by atoms with Crippen LogP contribution in [0.5, 0.6) is 0 Å². The van der Waals surface area contributed by atoms with Crippen molar-refractivity contribution in [2.75, 3.05) is 0 Å². The van der Waals surface area contributed by atoms with E-state index in [0.29, 0.717) is 17.5 Å². The molecule has 0 bridgehead atoms. The van der Waals surface area contributed by atoms with Gasteiger partial charge in [-0.25, -0.2) is 15.0 Å². The first-order valence-corrected chi connectivity index (χ1v) is 18.6. The van der Waals surface area contributed by atoms with E-state index in [1.165, 1.54) is 57.5 Å². The van der Waals surface area contributed by atoms with E-state index < -0.39 is 0 Å². The van der Waals surface area contributed by atoms with Gasteiger partial charge in [-0.2, -0.15) is 0 Å². The fourth-order valence-electron chi connectivity index (χ4n) is 7.50. The summed E-state index contributed by atoms with van der Waals surface area (Å²) in [6, 6.07) is 56.0. The molecule has 11 rings (SSSR count). The van der Waals surface area contributed by atoms with Gasteiger partial charge >= 0.3 is 0 Å². The standard InChI is InChI=1S/C45H26N4S2/c1-3-13-27(14-4-1)43-46-44(28-15-5-2-6-16-28)48-45(47-43)36-24-29(23-35-32-19-9-12-22-40(32)51-42(35)36)49-37-20-10-7-17-30(37)33-25-34-31-18-8-11-21-39(31)50-41(34)26-38(33)49/h1-26H. The lowest BCUT2D eigenvalue weighted by Gasteiger charge is -2.13. The molecule has 0 saturated heterocycles. The molecule has 0 atom stereocenters. The molecule has 4 aromatic heterocycles. The minimum Gasteiger partial charge on any atom is -0.309 e. The van der Waals surface area contributed by atoms with E-state index in [9.17, 15) is 0 Å². The normalized spacial score (nSPS) is 11.9. The van der Waals surface area contributed by atoms with Gasteiger partial charge in [0.15, 0.2) is 17.5 Å². The minimum absolute atomic E-state index is 0.656. The molecule has 0 radical (unpaired) electrons. The van der Waals surface area contributed by atoms with E-state index in [-0.39, 0.29) is 0 Å². The third-order valence-corrected chi connectivity index (χ3v) is 12.2. The Balaban J connectivity index is 1.25. The highest BCUT2D eigenvalue weighted by Crippen LogP contribution is 2.44. The van der Waals surface area contributed by atoms with Gasteiger partial charge in [0.05, 0.1) is 11.0 Å². The quantitative estimate of drug-likeness (QED) is 0.185. The van der Waals surface area contributed by atoms with Crippen molar-refractivity contribution in [3.63, 3.8) is 0 Å². The lowest BCUT2D eigenvalue weighted by Crippen LogP contribution is -2.01. The van der Waals surface area contributed by atoms with Gasteiger partial charge in [0, 0.05) is 73.5 Å². The molecule has 4 nitrogen and oxygen atoms in total. The summed E-state index contributed by atoms with van der Waals surface area (Å²) in [4.78, 5) is 15.4. The number of benzene rings is 7. The Bertz CT molecular complexity index is 3080. The molecule has 4 heterocycles. The Labute approximate surface area is 300 Å². The topological polar surface area (TPSA) is 43.6 Å². The zero-order valence-corrected chi connectivity index (χ0v) is 28.7. The van der Waals surface area contributed by atoms with Gasteiger partial charge in [-0.1, -0.05) is 115 Å². The summed E-state index contributed by atoms with van der Waals surface area (Å²) in [6.07, 6.45) is 0. The lowest BCUT2D eigenvalue weighted by molar-refractivity contribution is 1.07. The molecule has 0 fully saturated rings. The van der Waals surface area contributed by atoms with Gasteiger partial charge in [0.1, 0.15) is 0 Å². The van der Waals surface area contributed by atoms with Crippen molar-refractivity contribution in [3.8, 4) is 39.9 Å². The smallest absolute Gasteiger partial charge is 0.165 e. The summed E-state index contributed by atoms with van der Waals surface area (Å²) < 4.78 is 7.43. The molecule has 11 aromatic rings. The van der Waals surface area contributed by atoms with Crippen molar-refractivity contribution in [3.05, 3.63) is 158 Å². The lowest BCUT2D eigenvalue weighted by atomic mass is 10.1. The maximum atomic E-state index is 5.21. The average Bonchev–Trinajstić information content (AvgIpc) is 3.86. The molecule has 0 spiro atoms. The Morgan fingerprint density at radius 2 is 0.941 bits per heavy atom. The van der Waals surface area contributed by atoms with Crippen molar-refractivity contribution < 1.29 is 0 Å². The van der Waals surface area contributed by atoms with Crippen LogP contribution in [0, 0.1) is 0 Å². The van der Waals surface area contributed by atoms with Gasteiger partial charge in [0.2, 0.25) is 0 Å². The van der Waals surface area contributed by atoms with Crippen LogP contribution in [0.4, 0.5) is 0 Å². The fraction of sp³-hybridized carbons (Fsp3) is 0. The van der Waals surface area contributed by atoms with Crippen LogP contribution in [-0.2, 0) is 0 Å². The van der Waals surface area contributed by atoms with Crippen molar-refractivity contribution in [1.82, 2.24) is 19.5 Å². The zero-order chi connectivity index (χ0) is 33.5. The van der Waals surface area contributed by atoms with Gasteiger partial charge in [-0.05, 0) is 42.5 Å². The highest BCUT2D eigenvalue weighted by molar-refractivity contribution is 7.26. The Morgan fingerprint density at radius 3 is 1.65 bits per heavy atom. The summed E-state index contributed by atoms with van der Waals surface area (Å²) in [5.74, 6) is 1.97. The molecule has 0 unspecified atom stereocenters. The van der Waals surface area contributed by atoms with Gasteiger partial charge in [0.25, 0.3) is 0 Å². The number of fused-ring (bicyclic) bond motifs is 9. The van der Waals surface area contributed by atoms with E-state index in [4.69, 9.17) is 15.0 Å². The summed E-state index contributed by atoms with van der Waals surface area (Å²) in [5, 5.41) is 7.52. The summed E-state index contributed by atoms with van der Waals surface area (Å²) >= 11 is 3.65. The van der Waals surface area contributed by atoms with Gasteiger partial charge in [-0.3, -0.25) is 0 Å². The van der Waals surface area contributed by atoms with Crippen molar-refractivity contribution in [2.24, 2.45) is 0 Å². The molecule has 0 amide bonds. The van der Waals surface area contributed by atoms with E-state index in [0.717, 1.165) is 27.1 Å². The Morgan fingerprint density at radius 1 is 0.373 bits per heavy atom. The molecule has 6 heteroatoms. The van der Waals surface area contributed by atoms with Crippen LogP contribution in [0.25, 0.3) is 102 Å². The molecule has 0 aliphatic carbocycles. The molecular weight excluding hydrogens is 661 g/mol. The van der Waals surface area contributed by atoms with Crippen LogP contribution in [-0.4, -0.2) is 19.5 Å². The van der Waals surface area contributed by atoms with Crippen molar-refractivity contribution in [2.45, 2.75) is 0 Å². The van der Waals surface area contributed by atoms with Crippen LogP contribution in [0.2, 0.25) is 0 Å². The fourth-order valence-corrected chi connectivity index (χ4v) is 9.82. The van der Waals surface area contributed by atoms with Crippen LogP contribution in [0.15, 0.2) is 158 Å². The summed E-state index contributed by atoms with van der Waals surface area (Å²) in [5.41, 5.74) is 6.34. The summed E-state index contributed by atoms with van der Waals surface area (Å²) in [7, 11) is 0. The number of thiophene rings is 2. The highest BCUT2D eigenvalue weighted by atomic mass is 32.1. The highest BCUT2D eigenvalue weighted by Gasteiger charge is 2.21. The van der Waals surface area contributed by atoms with Gasteiger partial charge in [-0.15, -0.1) is 22.7 Å². The van der Waals surface area contributed by atoms with Crippen LogP contribution >= 0.6 is 22.7 Å². The van der Waals surface area contributed by atoms with Crippen molar-refractivity contribution in [1.29, 1.82) is 0 Å². The van der Waals surface area contributed by atoms with Crippen LogP contribution in [0.3, 0.4) is 0 Å². The summed E-state index contributed by atoms with van der Waals surface area (Å²) in [6.45, 7) is 0. The van der Waals surface area contributed by atoms with Gasteiger partial charge < -0.3 is 4.57 Å². The average molecular weight is 687 g/mol. The largest absolute Gasteiger partial charge is 0.309 e. The predicted molar refractivity (Wildman–Crippen MR) is 216 cm³/mol. The monoisotopic (exact) mass is 686 g/mol. The number of hydrogen-bond acceptors (Lipinski definition) is 5. The SMILES string of the molecule is c1ccc(-c2nc(-c3ccccc3)nc(-c3cc(-n4c5ccccc5c5cc6c(cc54)sc4ccccc46)cc4c3sc3ccccc34)n2)cc1. The van der Waals surface area contributed by atoms with E-state index in [1.807, 2.05) is 47.7 Å². The molecule has 0 aliphatic rings. The minimum atomic E-state index is 0.656. The molecule has 0 saturated carbocycles. The Hall–Kier alpha value is -6.21. The molecular formula is C45H26N4S2. The van der Waals surface area contributed by atoms with Crippen LogP contribution in [0.1, 0.15) is 0 Å². The van der Waals surface area contributed by atoms with E-state index >= 15 is 0 Å². The number of nitrogens with zero attached hydrogens (tertiary/aromatic N) is 4. The third kappa shape index (κ3) is 4.47. The second-order valence-electron chi connectivity index (χ2n) is 12.8. The second kappa shape index (κ2) is 11.2. The van der Waals surface area contributed by atoms with E-state index in [1.54, 1.807) is 11.3 Å². The first kappa shape index (κ1) is 28.6. The number of hydrogen-bond donors (Lipinski definition) is 0. The second-order valence-corrected chi connectivity index (χ2v) is 15.0. The molecule has 51 heavy (non-hydrogen) atoms. The maximum Gasteiger partial charge on any atom is 0.165 e. The molecule has 7 aromatic carbocycles. The molecule has 0 N–H and O–H groups in total. The zero-order valence-electron chi connectivity index (χ0n) is 27.1. The first-order valence-electron chi connectivity index (χ1n) is 16.9. The van der Waals surface area contributed by atoms with E-state index in [2.05, 4.69) is 126 Å². The number of rotatable bonds is 4. The molecule has 238 valence electrons. The maximum absolute atomic E-state index is 5.21. The molecule has 0 aliphatic heterocycles. The number of aromatic nitrogens is 4. The van der Waals surface area contributed by atoms with Crippen LogP contribution < -0.4 is 0 Å². The number of para-hydroxylation sites is 1. The Kier molecular flexibility index (Phi) is 6.26.